The Kier molecular flexibility index (Phi) is 8.38. The Morgan fingerprint density at radius 2 is 1.86 bits per heavy atom. The number of ether oxygens (including phenoxy) is 2. The lowest BCUT2D eigenvalue weighted by Gasteiger charge is -2.13. The Balaban J connectivity index is 1.77. The Morgan fingerprint density at radius 1 is 1.14 bits per heavy atom. The minimum Gasteiger partial charge on any atom is -0.493 e. The SMILES string of the molecule is C#CCOc1ccc(CCNC(=O)C(O)CCc2ccc(C)cc2)cc1OC. The largest absolute Gasteiger partial charge is 0.493 e. The van der Waals surface area contributed by atoms with Crippen molar-refractivity contribution in [3.63, 3.8) is 0 Å². The summed E-state index contributed by atoms with van der Waals surface area (Å²) in [5.41, 5.74) is 3.28. The van der Waals surface area contributed by atoms with E-state index in [2.05, 4.69) is 11.2 Å². The number of amides is 1. The minimum absolute atomic E-state index is 0.173. The van der Waals surface area contributed by atoms with E-state index < -0.39 is 6.10 Å². The first-order chi connectivity index (χ1) is 13.5. The summed E-state index contributed by atoms with van der Waals surface area (Å²) in [4.78, 5) is 12.1. The number of aryl methyl sites for hydroxylation is 2. The van der Waals surface area contributed by atoms with Gasteiger partial charge in [0.2, 0.25) is 5.91 Å². The quantitative estimate of drug-likeness (QED) is 0.621. The molecule has 2 aromatic rings. The molecular formula is C23H27NO4. The van der Waals surface area contributed by atoms with E-state index in [-0.39, 0.29) is 12.5 Å². The fraction of sp³-hybridized carbons (Fsp3) is 0.348. The maximum atomic E-state index is 12.1. The minimum atomic E-state index is -1.02. The van der Waals surface area contributed by atoms with Gasteiger partial charge < -0.3 is 19.9 Å². The number of carbonyl (C=O) groups excluding carboxylic acids is 1. The number of hydrogen-bond acceptors (Lipinski definition) is 4. The molecule has 5 nitrogen and oxygen atoms in total. The monoisotopic (exact) mass is 381 g/mol. The highest BCUT2D eigenvalue weighted by Crippen LogP contribution is 2.28. The number of carbonyl (C=O) groups is 1. The van der Waals surface area contributed by atoms with Gasteiger partial charge in [-0.3, -0.25) is 4.79 Å². The van der Waals surface area contributed by atoms with Gasteiger partial charge in [-0.15, -0.1) is 6.42 Å². The second-order valence-corrected chi connectivity index (χ2v) is 6.56. The van der Waals surface area contributed by atoms with Crippen LogP contribution in [0.15, 0.2) is 42.5 Å². The van der Waals surface area contributed by atoms with Gasteiger partial charge in [0.1, 0.15) is 12.7 Å². The van der Waals surface area contributed by atoms with Crippen LogP contribution in [-0.4, -0.2) is 37.4 Å². The summed E-state index contributed by atoms with van der Waals surface area (Å²) in [5, 5.41) is 12.8. The summed E-state index contributed by atoms with van der Waals surface area (Å²) >= 11 is 0. The first-order valence-electron chi connectivity index (χ1n) is 9.28. The third-order valence-electron chi connectivity index (χ3n) is 4.38. The highest BCUT2D eigenvalue weighted by molar-refractivity contribution is 5.80. The predicted octanol–water partition coefficient (Wildman–Crippen LogP) is 2.67. The molecule has 0 saturated carbocycles. The van der Waals surface area contributed by atoms with Crippen molar-refractivity contribution in [2.24, 2.45) is 0 Å². The molecule has 0 fully saturated rings. The molecule has 2 N–H and O–H groups in total. The lowest BCUT2D eigenvalue weighted by atomic mass is 10.0. The van der Waals surface area contributed by atoms with E-state index in [1.54, 1.807) is 13.2 Å². The second kappa shape index (κ2) is 11.0. The molecule has 2 rings (SSSR count). The van der Waals surface area contributed by atoms with Crippen molar-refractivity contribution in [3.8, 4) is 23.8 Å². The van der Waals surface area contributed by atoms with Gasteiger partial charge in [-0.25, -0.2) is 0 Å². The number of aliphatic hydroxyl groups is 1. The van der Waals surface area contributed by atoms with Crippen LogP contribution >= 0.6 is 0 Å². The molecule has 0 spiro atoms. The summed E-state index contributed by atoms with van der Waals surface area (Å²) in [5.74, 6) is 3.24. The van der Waals surface area contributed by atoms with Crippen LogP contribution < -0.4 is 14.8 Å². The van der Waals surface area contributed by atoms with Crippen molar-refractivity contribution in [2.75, 3.05) is 20.3 Å². The molecule has 5 heteroatoms. The highest BCUT2D eigenvalue weighted by atomic mass is 16.5. The normalized spacial score (nSPS) is 11.4. The molecule has 0 saturated heterocycles. The molecule has 0 bridgehead atoms. The number of terminal acetylenes is 1. The van der Waals surface area contributed by atoms with Gasteiger partial charge in [0.25, 0.3) is 0 Å². The number of nitrogens with one attached hydrogen (secondary N) is 1. The zero-order valence-corrected chi connectivity index (χ0v) is 16.4. The second-order valence-electron chi connectivity index (χ2n) is 6.56. The first-order valence-corrected chi connectivity index (χ1v) is 9.28. The average molecular weight is 381 g/mol. The van der Waals surface area contributed by atoms with E-state index in [9.17, 15) is 9.90 Å². The van der Waals surface area contributed by atoms with Crippen LogP contribution in [0.5, 0.6) is 11.5 Å². The van der Waals surface area contributed by atoms with Gasteiger partial charge in [0.05, 0.1) is 7.11 Å². The van der Waals surface area contributed by atoms with Crippen LogP contribution in [0.1, 0.15) is 23.1 Å². The Bertz CT molecular complexity index is 808. The standard InChI is InChI=1S/C23H27NO4/c1-4-15-28-21-12-10-19(16-22(21)27-3)13-14-24-23(26)20(25)11-9-18-7-5-17(2)6-8-18/h1,5-8,10,12,16,20,25H,9,11,13-15H2,2-3H3,(H,24,26). The van der Waals surface area contributed by atoms with E-state index in [0.717, 1.165) is 11.1 Å². The fourth-order valence-electron chi connectivity index (χ4n) is 2.74. The summed E-state index contributed by atoms with van der Waals surface area (Å²) in [7, 11) is 1.56. The van der Waals surface area contributed by atoms with Crippen molar-refractivity contribution in [2.45, 2.75) is 32.3 Å². The van der Waals surface area contributed by atoms with Crippen LogP contribution in [0.2, 0.25) is 0 Å². The van der Waals surface area contributed by atoms with Crippen molar-refractivity contribution in [3.05, 3.63) is 59.2 Å². The summed E-state index contributed by atoms with van der Waals surface area (Å²) in [6, 6.07) is 13.6. The zero-order valence-electron chi connectivity index (χ0n) is 16.4. The molecule has 1 amide bonds. The van der Waals surface area contributed by atoms with Crippen molar-refractivity contribution < 1.29 is 19.4 Å². The summed E-state index contributed by atoms with van der Waals surface area (Å²) in [6.07, 6.45) is 5.85. The van der Waals surface area contributed by atoms with E-state index in [1.807, 2.05) is 43.3 Å². The van der Waals surface area contributed by atoms with E-state index >= 15 is 0 Å². The summed E-state index contributed by atoms with van der Waals surface area (Å²) < 4.78 is 10.7. The maximum Gasteiger partial charge on any atom is 0.248 e. The molecule has 0 heterocycles. The molecule has 1 atom stereocenters. The van der Waals surface area contributed by atoms with Crippen molar-refractivity contribution in [1.29, 1.82) is 0 Å². The zero-order chi connectivity index (χ0) is 20.4. The Hall–Kier alpha value is -2.97. The summed E-state index contributed by atoms with van der Waals surface area (Å²) in [6.45, 7) is 2.62. The molecule has 0 aromatic heterocycles. The molecule has 0 aliphatic rings. The van der Waals surface area contributed by atoms with Crippen molar-refractivity contribution >= 4 is 5.91 Å². The van der Waals surface area contributed by atoms with Gasteiger partial charge in [0, 0.05) is 6.54 Å². The fourth-order valence-corrected chi connectivity index (χ4v) is 2.74. The first kappa shape index (κ1) is 21.3. The van der Waals surface area contributed by atoms with Crippen LogP contribution in [0, 0.1) is 19.3 Å². The Labute approximate surface area is 166 Å². The lowest BCUT2D eigenvalue weighted by Crippen LogP contribution is -2.36. The number of hydrogen-bond donors (Lipinski definition) is 2. The van der Waals surface area contributed by atoms with E-state index in [4.69, 9.17) is 15.9 Å². The smallest absolute Gasteiger partial charge is 0.248 e. The average Bonchev–Trinajstić information content (AvgIpc) is 2.71. The molecule has 1 unspecified atom stereocenters. The third kappa shape index (κ3) is 6.64. The topological polar surface area (TPSA) is 67.8 Å². The van der Waals surface area contributed by atoms with E-state index in [1.165, 1.54) is 5.56 Å². The molecule has 2 aromatic carbocycles. The molecule has 0 aliphatic heterocycles. The number of rotatable bonds is 10. The molecule has 0 aliphatic carbocycles. The van der Waals surface area contributed by atoms with Gasteiger partial charge in [-0.1, -0.05) is 41.8 Å². The van der Waals surface area contributed by atoms with Crippen molar-refractivity contribution in [1.82, 2.24) is 5.32 Å². The van der Waals surface area contributed by atoms with Gasteiger partial charge >= 0.3 is 0 Å². The van der Waals surface area contributed by atoms with Gasteiger partial charge in [0.15, 0.2) is 11.5 Å². The number of aliphatic hydroxyl groups excluding tert-OH is 1. The van der Waals surface area contributed by atoms with Crippen LogP contribution in [0.4, 0.5) is 0 Å². The molecule has 0 radical (unpaired) electrons. The highest BCUT2D eigenvalue weighted by Gasteiger charge is 2.14. The van der Waals surface area contributed by atoms with Crippen LogP contribution in [0.3, 0.4) is 0 Å². The molecule has 148 valence electrons. The Morgan fingerprint density at radius 3 is 2.54 bits per heavy atom. The number of methoxy groups -OCH3 is 1. The molecule has 28 heavy (non-hydrogen) atoms. The van der Waals surface area contributed by atoms with Crippen LogP contribution in [-0.2, 0) is 17.6 Å². The maximum absolute atomic E-state index is 12.1. The van der Waals surface area contributed by atoms with E-state index in [0.29, 0.717) is 37.3 Å². The number of benzene rings is 2. The predicted molar refractivity (Wildman–Crippen MR) is 110 cm³/mol. The molecular weight excluding hydrogens is 354 g/mol. The van der Waals surface area contributed by atoms with Gasteiger partial charge in [-0.2, -0.15) is 0 Å². The lowest BCUT2D eigenvalue weighted by molar-refractivity contribution is -0.129. The van der Waals surface area contributed by atoms with Gasteiger partial charge in [-0.05, 0) is 49.4 Å². The van der Waals surface area contributed by atoms with Crippen LogP contribution in [0.25, 0.3) is 0 Å². The third-order valence-corrected chi connectivity index (χ3v) is 4.38.